The van der Waals surface area contributed by atoms with Gasteiger partial charge in [-0.2, -0.15) is 50.4 Å². The number of fused-ring (bicyclic) bond motifs is 2. The molecule has 0 unspecified atom stereocenters. The number of phenolic OH excluding ortho intramolecular Hbond substituents is 2. The molecule has 0 aliphatic heterocycles. The molecule has 80 heavy (non-hydrogen) atoms. The van der Waals surface area contributed by atoms with Crippen molar-refractivity contribution in [2.75, 3.05) is 42.0 Å². The van der Waals surface area contributed by atoms with Crippen LogP contribution in [-0.2, 0) is 59.0 Å². The highest BCUT2D eigenvalue weighted by atomic mass is 35.5. The summed E-state index contributed by atoms with van der Waals surface area (Å²) in [5.74, 6) is -4.25. The number of benzene rings is 6. The molecule has 12 N–H and O–H groups in total. The van der Waals surface area contributed by atoms with Gasteiger partial charge in [-0.05, 0) is 113 Å². The molecule has 0 aliphatic carbocycles. The molecule has 0 aliphatic rings. The lowest BCUT2D eigenvalue weighted by Crippen LogP contribution is -2.15. The highest BCUT2D eigenvalue weighted by Crippen LogP contribution is 2.55. The van der Waals surface area contributed by atoms with Crippen LogP contribution in [0.25, 0.3) is 21.5 Å². The van der Waals surface area contributed by atoms with Gasteiger partial charge in [0.1, 0.15) is 38.0 Å². The van der Waals surface area contributed by atoms with E-state index in [0.29, 0.717) is 6.07 Å². The largest absolute Gasteiger partial charge is 0.505 e. The zero-order valence-electron chi connectivity index (χ0n) is 39.6. The van der Waals surface area contributed by atoms with Gasteiger partial charge in [-0.3, -0.25) is 13.7 Å². The van der Waals surface area contributed by atoms with Crippen LogP contribution in [0.15, 0.2) is 136 Å². The summed E-state index contributed by atoms with van der Waals surface area (Å²) in [6.07, 6.45) is 0. The maximum absolute atomic E-state index is 12.7. The Kier molecular flexibility index (Phi) is 17.5. The van der Waals surface area contributed by atoms with Gasteiger partial charge in [0.05, 0.1) is 61.4 Å². The minimum Gasteiger partial charge on any atom is -0.505 e. The van der Waals surface area contributed by atoms with E-state index in [1.165, 1.54) is 30.1 Å². The number of rotatable bonds is 21. The molecular formula is C40H38ClN9O23S7. The summed E-state index contributed by atoms with van der Waals surface area (Å²) in [6.45, 7) is -1.82. The van der Waals surface area contributed by atoms with Gasteiger partial charge in [-0.15, -0.1) is 10.2 Å². The first-order valence-electron chi connectivity index (χ1n) is 21.2. The second-order valence-electron chi connectivity index (χ2n) is 16.1. The summed E-state index contributed by atoms with van der Waals surface area (Å²) < 4.78 is 217. The van der Waals surface area contributed by atoms with Crippen LogP contribution >= 0.6 is 33.3 Å². The number of anilines is 4. The fraction of sp³-hybridized carbons (Fsp3) is 0.125. The molecule has 7 rings (SSSR count). The number of hydrogen-bond acceptors (Lipinski definition) is 29. The molecule has 32 nitrogen and oxygen atoms in total. The lowest BCUT2D eigenvalue weighted by Gasteiger charge is -2.23. The number of azo groups is 2. The van der Waals surface area contributed by atoms with Gasteiger partial charge in [0.15, 0.2) is 31.2 Å². The van der Waals surface area contributed by atoms with Crippen molar-refractivity contribution < 1.29 is 102 Å². The van der Waals surface area contributed by atoms with Crippen LogP contribution in [0, 0.1) is 0 Å². The number of nitrogens with zero attached hydrogens (tertiary/aromatic N) is 8. The minimum absolute atomic E-state index is 0.00115. The van der Waals surface area contributed by atoms with Crippen molar-refractivity contribution >= 4 is 151 Å². The summed E-state index contributed by atoms with van der Waals surface area (Å²) in [6, 6.07) is 16.1. The lowest BCUT2D eigenvalue weighted by molar-refractivity contribution is 0.282. The number of halogens is 1. The fourth-order valence-electron chi connectivity index (χ4n) is 7.03. The molecule has 6 aromatic carbocycles. The van der Waals surface area contributed by atoms with Crippen LogP contribution in [0.1, 0.15) is 0 Å². The van der Waals surface area contributed by atoms with Gasteiger partial charge in [-0.1, -0.05) is 0 Å². The molecule has 0 saturated heterocycles. The number of aromatic hydroxyl groups is 2. The molecule has 0 spiro atoms. The zero-order valence-corrected chi connectivity index (χ0v) is 46.1. The van der Waals surface area contributed by atoms with Crippen molar-refractivity contribution in [3.05, 3.63) is 96.3 Å². The molecular weight excluding hydrogens is 1230 g/mol. The summed E-state index contributed by atoms with van der Waals surface area (Å²) in [5, 5.41) is 39.8. The summed E-state index contributed by atoms with van der Waals surface area (Å²) in [5.41, 5.74) is -2.02. The summed E-state index contributed by atoms with van der Waals surface area (Å²) in [7, 11) is -31.4. The number of phenols is 2. The Labute approximate surface area is 460 Å². The number of nitrogens with one attached hydrogen (secondary N) is 1. The second-order valence-corrected chi connectivity index (χ2v) is 27.2. The third-order valence-corrected chi connectivity index (χ3v) is 17.8. The molecule has 0 amide bonds. The van der Waals surface area contributed by atoms with E-state index in [0.717, 1.165) is 66.7 Å². The Morgan fingerprint density at radius 3 is 1.52 bits per heavy atom. The predicted molar refractivity (Wildman–Crippen MR) is 285 cm³/mol. The Morgan fingerprint density at radius 2 is 1.05 bits per heavy atom. The maximum atomic E-state index is 12.7. The molecule has 40 heteroatoms. The number of hydrogen-bond donors (Lipinski definition) is 12. The molecule has 0 radical (unpaired) electrons. The van der Waals surface area contributed by atoms with Crippen molar-refractivity contribution in [3.8, 4) is 11.5 Å². The van der Waals surface area contributed by atoms with Crippen LogP contribution in [0.3, 0.4) is 0 Å². The van der Waals surface area contributed by atoms with E-state index in [2.05, 4.69) is 49.1 Å². The lowest BCUT2D eigenvalue weighted by atomic mass is 10.1. The summed E-state index contributed by atoms with van der Waals surface area (Å²) >= 11 is 6.33. The van der Waals surface area contributed by atoms with Crippen LogP contribution in [0.5, 0.6) is 11.5 Å². The Balaban J connectivity index is 1.21. The van der Waals surface area contributed by atoms with E-state index in [9.17, 15) is 84.2 Å². The monoisotopic (exact) mass is 1270 g/mol. The molecule has 0 saturated carbocycles. The highest BCUT2D eigenvalue weighted by molar-refractivity contribution is 8.19. The first-order valence-corrected chi connectivity index (χ1v) is 32.0. The number of aromatic nitrogens is 3. The SMILES string of the molecule is CN(c1ccc2c(O)c(N=Nc3ccc(S(=O)(=O)CCOS(=O)(=O)O)cc3)c(S(O)(O)O)cc2c1)c1nc(Cl)nc(Nc2cc(S(O)(O)O)cc3cc(S(=O)(=O)O)c(N=Nc4ccc(S(=O)(=O)CCOS(=O)(=O)O)cc4)c(O)c23)n1. The normalized spacial score (nSPS) is 13.6. The fourth-order valence-corrected chi connectivity index (χ4v) is 12.1. The van der Waals surface area contributed by atoms with Crippen LogP contribution in [0.2, 0.25) is 5.28 Å². The zero-order chi connectivity index (χ0) is 59.1. The molecule has 1 heterocycles. The standard InChI is InChI=1S/C40H38ClN9O23S7/c1-50(25-6-11-29-21(16-25)18-31(77(60,61)62)34(36(29)51)48-46-23-2-7-26(8-3-23)74(53,54)14-12-72-79(66,67)68)40-44-38(41)43-39(45-40)42-30-20-28(76(57,58)59)17-22-19-32(78(63,64)65)35(37(52)33(22)30)49-47-24-4-9-27(10-5-24)75(55,56)15-13-73-80(69,70)71/h2-11,16-20,51-52,57-62H,12-15H2,1H3,(H,63,64,65)(H,66,67,68)(H,69,70,71)(H,42,43,44,45). The van der Waals surface area contributed by atoms with Gasteiger partial charge in [0, 0.05) is 23.5 Å². The van der Waals surface area contributed by atoms with Crippen molar-refractivity contribution in [2.45, 2.75) is 24.5 Å². The molecule has 0 atom stereocenters. The molecule has 430 valence electrons. The van der Waals surface area contributed by atoms with Gasteiger partial charge >= 0.3 is 20.8 Å². The van der Waals surface area contributed by atoms with Crippen molar-refractivity contribution in [2.24, 2.45) is 20.5 Å². The van der Waals surface area contributed by atoms with Crippen LogP contribution < -0.4 is 10.2 Å². The first kappa shape index (κ1) is 61.2. The molecule has 1 aromatic heterocycles. The van der Waals surface area contributed by atoms with Crippen molar-refractivity contribution in [1.29, 1.82) is 0 Å². The van der Waals surface area contributed by atoms with Gasteiger partial charge < -0.3 is 47.7 Å². The van der Waals surface area contributed by atoms with Crippen LogP contribution in [0.4, 0.5) is 46.0 Å². The first-order chi connectivity index (χ1) is 36.9. The molecule has 0 bridgehead atoms. The maximum Gasteiger partial charge on any atom is 0.397 e. The average Bonchev–Trinajstić information content (AvgIpc) is 3.56. The molecule has 0 fully saturated rings. The average molecular weight is 1270 g/mol. The highest BCUT2D eigenvalue weighted by Gasteiger charge is 2.29. The Bertz CT molecular complexity index is 4250. The molecule has 7 aromatic rings. The second kappa shape index (κ2) is 22.8. The third-order valence-electron chi connectivity index (χ3n) is 10.7. The Morgan fingerprint density at radius 1 is 0.550 bits per heavy atom. The Hall–Kier alpha value is -6.45. The van der Waals surface area contributed by atoms with E-state index >= 15 is 0 Å². The predicted octanol–water partition coefficient (Wildman–Crippen LogP) is 8.18. The van der Waals surface area contributed by atoms with E-state index in [-0.39, 0.29) is 43.6 Å². The topological polar surface area (TPSA) is 515 Å². The van der Waals surface area contributed by atoms with Crippen LogP contribution in [-0.4, -0.2) is 140 Å². The third kappa shape index (κ3) is 14.9. The number of sulfone groups is 2. The van der Waals surface area contributed by atoms with E-state index in [4.69, 9.17) is 20.7 Å². The van der Waals surface area contributed by atoms with Gasteiger partial charge in [0.25, 0.3) is 10.1 Å². The van der Waals surface area contributed by atoms with E-state index < -0.39 is 162 Å². The quantitative estimate of drug-likeness (QED) is 0.0238. The van der Waals surface area contributed by atoms with Crippen molar-refractivity contribution in [3.63, 3.8) is 0 Å². The summed E-state index contributed by atoms with van der Waals surface area (Å²) in [4.78, 5) is 10.5. The van der Waals surface area contributed by atoms with Gasteiger partial charge in [0.2, 0.25) is 17.2 Å². The smallest absolute Gasteiger partial charge is 0.397 e. The van der Waals surface area contributed by atoms with E-state index in [1.54, 1.807) is 0 Å². The van der Waals surface area contributed by atoms with Crippen molar-refractivity contribution in [1.82, 2.24) is 15.0 Å². The van der Waals surface area contributed by atoms with E-state index in [1.807, 2.05) is 0 Å². The minimum atomic E-state index is -5.33. The van der Waals surface area contributed by atoms with Gasteiger partial charge in [-0.25, -0.2) is 25.2 Å².